The molecule has 0 bridgehead atoms. The highest BCUT2D eigenvalue weighted by molar-refractivity contribution is 7.13. The maximum absolute atomic E-state index is 12.0. The fourth-order valence-electron chi connectivity index (χ4n) is 2.34. The second-order valence-corrected chi connectivity index (χ2v) is 7.34. The molecule has 0 aliphatic heterocycles. The summed E-state index contributed by atoms with van der Waals surface area (Å²) in [6, 6.07) is 7.51. The van der Waals surface area contributed by atoms with Crippen molar-refractivity contribution in [3.63, 3.8) is 0 Å². The van der Waals surface area contributed by atoms with Crippen molar-refractivity contribution >= 4 is 34.9 Å². The average molecular weight is 409 g/mol. The fourth-order valence-corrected chi connectivity index (χ4v) is 3.42. The molecule has 0 amide bonds. The Labute approximate surface area is 169 Å². The van der Waals surface area contributed by atoms with Crippen molar-refractivity contribution < 1.29 is 9.53 Å². The van der Waals surface area contributed by atoms with Gasteiger partial charge in [0.05, 0.1) is 24.9 Å². The molecule has 0 saturated carbocycles. The van der Waals surface area contributed by atoms with Crippen molar-refractivity contribution in [1.82, 2.24) is 15.6 Å². The Morgan fingerprint density at radius 1 is 1.33 bits per heavy atom. The van der Waals surface area contributed by atoms with Gasteiger partial charge in [-0.25, -0.2) is 14.8 Å². The number of carbonyl (C=O) groups excluding carboxylic acids is 1. The minimum atomic E-state index is -0.325. The van der Waals surface area contributed by atoms with Crippen LogP contribution in [-0.4, -0.2) is 30.1 Å². The lowest BCUT2D eigenvalue weighted by Crippen LogP contribution is -2.38. The number of hydrogen-bond acceptors (Lipinski definition) is 5. The summed E-state index contributed by atoms with van der Waals surface area (Å²) in [5, 5.41) is 8.08. The molecule has 1 heterocycles. The van der Waals surface area contributed by atoms with E-state index in [-0.39, 0.29) is 12.0 Å². The number of nitrogens with one attached hydrogen (secondary N) is 2. The van der Waals surface area contributed by atoms with E-state index in [2.05, 4.69) is 20.6 Å². The van der Waals surface area contributed by atoms with Gasteiger partial charge in [0.25, 0.3) is 0 Å². The van der Waals surface area contributed by atoms with Gasteiger partial charge in [-0.15, -0.1) is 11.3 Å². The first-order valence-electron chi connectivity index (χ1n) is 8.88. The zero-order chi connectivity index (χ0) is 19.8. The number of ether oxygens (including phenoxy) is 1. The first kappa shape index (κ1) is 21.2. The smallest absolute Gasteiger partial charge is 0.350 e. The maximum atomic E-state index is 12.0. The van der Waals surface area contributed by atoms with E-state index in [0.29, 0.717) is 34.7 Å². The number of halogens is 1. The van der Waals surface area contributed by atoms with Gasteiger partial charge in [0.2, 0.25) is 0 Å². The number of nitrogens with zero attached hydrogens (tertiary/aromatic N) is 2. The lowest BCUT2D eigenvalue weighted by atomic mass is 10.2. The third-order valence-electron chi connectivity index (χ3n) is 3.67. The molecule has 0 aliphatic rings. The van der Waals surface area contributed by atoms with Crippen LogP contribution in [0.2, 0.25) is 5.02 Å². The Balaban J connectivity index is 2.08. The second kappa shape index (κ2) is 10.3. The van der Waals surface area contributed by atoms with Crippen molar-refractivity contribution in [3.05, 3.63) is 50.4 Å². The summed E-state index contributed by atoms with van der Waals surface area (Å²) in [6.45, 7) is 9.23. The maximum Gasteiger partial charge on any atom is 0.350 e. The topological polar surface area (TPSA) is 75.6 Å². The molecule has 2 rings (SSSR count). The fraction of sp³-hybridized carbons (Fsp3) is 0.421. The Bertz CT molecular complexity index is 790. The molecule has 6 nitrogen and oxygen atoms in total. The summed E-state index contributed by atoms with van der Waals surface area (Å²) < 4.78 is 5.08. The summed E-state index contributed by atoms with van der Waals surface area (Å²) >= 11 is 7.26. The van der Waals surface area contributed by atoms with Crippen LogP contribution >= 0.6 is 22.9 Å². The lowest BCUT2D eigenvalue weighted by Gasteiger charge is -2.16. The van der Waals surface area contributed by atoms with Crippen LogP contribution in [0.25, 0.3) is 0 Å². The van der Waals surface area contributed by atoms with Crippen molar-refractivity contribution in [2.24, 2.45) is 4.99 Å². The molecular formula is C19H25ClN4O2S. The number of carbonyl (C=O) groups is 1. The van der Waals surface area contributed by atoms with Crippen molar-refractivity contribution in [3.8, 4) is 0 Å². The van der Waals surface area contributed by atoms with Crippen LogP contribution in [0.1, 0.15) is 52.7 Å². The van der Waals surface area contributed by atoms with E-state index in [9.17, 15) is 4.79 Å². The van der Waals surface area contributed by atoms with Gasteiger partial charge in [0.15, 0.2) is 5.96 Å². The number of aromatic nitrogens is 1. The summed E-state index contributed by atoms with van der Waals surface area (Å²) in [5.41, 5.74) is 1.75. The number of aliphatic imine (C=N–C) groups is 1. The highest BCUT2D eigenvalue weighted by Crippen LogP contribution is 2.24. The van der Waals surface area contributed by atoms with E-state index >= 15 is 0 Å². The number of hydrogen-bond donors (Lipinski definition) is 2. The Hall–Kier alpha value is -2.12. The summed E-state index contributed by atoms with van der Waals surface area (Å²) in [4.78, 5) is 21.7. The molecular weight excluding hydrogens is 384 g/mol. The van der Waals surface area contributed by atoms with E-state index in [4.69, 9.17) is 16.3 Å². The summed E-state index contributed by atoms with van der Waals surface area (Å²) in [6.07, 6.45) is 0. The monoisotopic (exact) mass is 408 g/mol. The molecule has 0 aliphatic carbocycles. The quantitative estimate of drug-likeness (QED) is 0.410. The largest absolute Gasteiger partial charge is 0.462 e. The number of esters is 1. The molecule has 1 atom stereocenters. The predicted octanol–water partition coefficient (Wildman–Crippen LogP) is 4.10. The lowest BCUT2D eigenvalue weighted by molar-refractivity contribution is 0.0531. The molecule has 0 saturated heterocycles. The van der Waals surface area contributed by atoms with Gasteiger partial charge in [0, 0.05) is 11.6 Å². The SMILES string of the molecule is CCNC(=NCc1ccc(Cl)cc1)NC(C)c1nc(C)c(C(=O)OCC)s1. The normalized spacial score (nSPS) is 12.6. The van der Waals surface area contributed by atoms with Crippen LogP contribution in [0, 0.1) is 6.92 Å². The number of thiazole rings is 1. The minimum absolute atomic E-state index is 0.0973. The van der Waals surface area contributed by atoms with Gasteiger partial charge in [-0.3, -0.25) is 0 Å². The van der Waals surface area contributed by atoms with Crippen LogP contribution in [0.15, 0.2) is 29.3 Å². The number of benzene rings is 1. The number of guanidine groups is 1. The second-order valence-electron chi connectivity index (χ2n) is 5.87. The molecule has 2 N–H and O–H groups in total. The molecule has 27 heavy (non-hydrogen) atoms. The molecule has 1 aromatic carbocycles. The zero-order valence-corrected chi connectivity index (χ0v) is 17.6. The highest BCUT2D eigenvalue weighted by atomic mass is 35.5. The van der Waals surface area contributed by atoms with E-state index < -0.39 is 0 Å². The molecule has 0 spiro atoms. The van der Waals surface area contributed by atoms with Crippen LogP contribution in [0.5, 0.6) is 0 Å². The van der Waals surface area contributed by atoms with Gasteiger partial charge < -0.3 is 15.4 Å². The molecule has 2 aromatic rings. The molecule has 1 unspecified atom stereocenters. The molecule has 0 radical (unpaired) electrons. The highest BCUT2D eigenvalue weighted by Gasteiger charge is 2.20. The van der Waals surface area contributed by atoms with E-state index in [1.165, 1.54) is 11.3 Å². The van der Waals surface area contributed by atoms with Crippen LogP contribution < -0.4 is 10.6 Å². The predicted molar refractivity (Wildman–Crippen MR) is 111 cm³/mol. The molecule has 8 heteroatoms. The Morgan fingerprint density at radius 2 is 2.04 bits per heavy atom. The van der Waals surface area contributed by atoms with Crippen LogP contribution in [0.3, 0.4) is 0 Å². The first-order chi connectivity index (χ1) is 12.9. The van der Waals surface area contributed by atoms with Gasteiger partial charge in [-0.05, 0) is 45.4 Å². The Morgan fingerprint density at radius 3 is 2.67 bits per heavy atom. The number of rotatable bonds is 7. The Kier molecular flexibility index (Phi) is 8.06. The van der Waals surface area contributed by atoms with E-state index in [0.717, 1.165) is 17.1 Å². The average Bonchev–Trinajstić information content (AvgIpc) is 3.03. The van der Waals surface area contributed by atoms with Gasteiger partial charge in [-0.2, -0.15) is 0 Å². The zero-order valence-electron chi connectivity index (χ0n) is 16.0. The van der Waals surface area contributed by atoms with Gasteiger partial charge in [-0.1, -0.05) is 23.7 Å². The van der Waals surface area contributed by atoms with E-state index in [1.54, 1.807) is 6.92 Å². The third-order valence-corrected chi connectivity index (χ3v) is 5.25. The van der Waals surface area contributed by atoms with Crippen molar-refractivity contribution in [1.29, 1.82) is 0 Å². The van der Waals surface area contributed by atoms with Crippen LogP contribution in [0.4, 0.5) is 0 Å². The number of aryl methyl sites for hydroxylation is 1. The van der Waals surface area contributed by atoms with Gasteiger partial charge >= 0.3 is 5.97 Å². The summed E-state index contributed by atoms with van der Waals surface area (Å²) in [5.74, 6) is 0.361. The molecule has 0 fully saturated rings. The van der Waals surface area contributed by atoms with Crippen molar-refractivity contribution in [2.45, 2.75) is 40.3 Å². The summed E-state index contributed by atoms with van der Waals surface area (Å²) in [7, 11) is 0. The van der Waals surface area contributed by atoms with Crippen LogP contribution in [-0.2, 0) is 11.3 Å². The van der Waals surface area contributed by atoms with E-state index in [1.807, 2.05) is 45.0 Å². The van der Waals surface area contributed by atoms with Gasteiger partial charge in [0.1, 0.15) is 9.88 Å². The third kappa shape index (κ3) is 6.22. The molecule has 146 valence electrons. The van der Waals surface area contributed by atoms with Crippen molar-refractivity contribution in [2.75, 3.05) is 13.2 Å². The standard InChI is InChI=1S/C19H25ClN4O2S/c1-5-21-19(22-11-14-7-9-15(20)10-8-14)24-13(4)17-23-12(3)16(27-17)18(25)26-6-2/h7-10,13H,5-6,11H2,1-4H3,(H2,21,22,24). The minimum Gasteiger partial charge on any atom is -0.462 e. The molecule has 1 aromatic heterocycles. The first-order valence-corrected chi connectivity index (χ1v) is 10.1.